The van der Waals surface area contributed by atoms with Crippen molar-refractivity contribution in [2.75, 3.05) is 31.5 Å². The number of nitrogens with zero attached hydrogens (tertiary/aromatic N) is 2. The van der Waals surface area contributed by atoms with Crippen molar-refractivity contribution in [2.45, 2.75) is 38.4 Å². The SMILES string of the molecule is O=C(CC1C(=O)NCCN1Cc1ccc(F)cc1)Nc1ccccc1CN1CCCC1. The van der Waals surface area contributed by atoms with Gasteiger partial charge in [0.15, 0.2) is 0 Å². The average Bonchev–Trinajstić information content (AvgIpc) is 3.27. The molecule has 2 saturated heterocycles. The van der Waals surface area contributed by atoms with Gasteiger partial charge >= 0.3 is 0 Å². The molecule has 2 aliphatic rings. The summed E-state index contributed by atoms with van der Waals surface area (Å²) >= 11 is 0. The quantitative estimate of drug-likeness (QED) is 0.718. The summed E-state index contributed by atoms with van der Waals surface area (Å²) in [4.78, 5) is 29.8. The summed E-state index contributed by atoms with van der Waals surface area (Å²) in [6.07, 6.45) is 2.51. The number of likely N-dealkylation sites (tertiary alicyclic amines) is 1. The fraction of sp³-hybridized carbons (Fsp3) is 0.417. The molecule has 0 spiro atoms. The van der Waals surface area contributed by atoms with Crippen molar-refractivity contribution in [2.24, 2.45) is 0 Å². The minimum atomic E-state index is -0.551. The average molecular weight is 425 g/mol. The maximum Gasteiger partial charge on any atom is 0.237 e. The first-order chi connectivity index (χ1) is 15.1. The first-order valence-corrected chi connectivity index (χ1v) is 10.9. The van der Waals surface area contributed by atoms with Gasteiger partial charge in [-0.1, -0.05) is 30.3 Å². The first-order valence-electron chi connectivity index (χ1n) is 10.9. The van der Waals surface area contributed by atoms with Crippen molar-refractivity contribution in [1.29, 1.82) is 0 Å². The van der Waals surface area contributed by atoms with E-state index in [0.717, 1.165) is 36.4 Å². The van der Waals surface area contributed by atoms with E-state index in [1.807, 2.05) is 29.2 Å². The number of piperazine rings is 1. The summed E-state index contributed by atoms with van der Waals surface area (Å²) in [6, 6.07) is 13.6. The molecule has 4 rings (SSSR count). The van der Waals surface area contributed by atoms with Crippen LogP contribution in [0, 0.1) is 5.82 Å². The summed E-state index contributed by atoms with van der Waals surface area (Å²) in [7, 11) is 0. The molecule has 0 radical (unpaired) electrons. The van der Waals surface area contributed by atoms with E-state index >= 15 is 0 Å². The molecule has 2 amide bonds. The zero-order valence-corrected chi connectivity index (χ0v) is 17.6. The highest BCUT2D eigenvalue weighted by Gasteiger charge is 2.31. The molecule has 164 valence electrons. The van der Waals surface area contributed by atoms with Crippen LogP contribution in [0.3, 0.4) is 0 Å². The second-order valence-corrected chi connectivity index (χ2v) is 8.30. The van der Waals surface area contributed by atoms with Gasteiger partial charge in [-0.05, 0) is 55.3 Å². The van der Waals surface area contributed by atoms with E-state index in [1.54, 1.807) is 12.1 Å². The third-order valence-electron chi connectivity index (χ3n) is 6.00. The van der Waals surface area contributed by atoms with E-state index in [1.165, 1.54) is 25.0 Å². The minimum Gasteiger partial charge on any atom is -0.353 e. The molecule has 2 aromatic carbocycles. The third-order valence-corrected chi connectivity index (χ3v) is 6.00. The van der Waals surface area contributed by atoms with E-state index in [2.05, 4.69) is 15.5 Å². The van der Waals surface area contributed by atoms with Gasteiger partial charge < -0.3 is 10.6 Å². The van der Waals surface area contributed by atoms with Gasteiger partial charge in [0.2, 0.25) is 11.8 Å². The number of rotatable bonds is 7. The molecule has 0 aromatic heterocycles. The number of halogens is 1. The van der Waals surface area contributed by atoms with E-state index in [4.69, 9.17) is 0 Å². The number of hydrogen-bond donors (Lipinski definition) is 2. The predicted octanol–water partition coefficient (Wildman–Crippen LogP) is 2.75. The fourth-order valence-electron chi connectivity index (χ4n) is 4.34. The molecule has 1 unspecified atom stereocenters. The lowest BCUT2D eigenvalue weighted by Gasteiger charge is -2.34. The topological polar surface area (TPSA) is 64.7 Å². The smallest absolute Gasteiger partial charge is 0.237 e. The lowest BCUT2D eigenvalue weighted by atomic mass is 10.1. The van der Waals surface area contributed by atoms with Crippen molar-refractivity contribution in [1.82, 2.24) is 15.1 Å². The largest absolute Gasteiger partial charge is 0.353 e. The number of anilines is 1. The molecular formula is C24H29FN4O2. The van der Waals surface area contributed by atoms with Gasteiger partial charge in [-0.3, -0.25) is 19.4 Å². The monoisotopic (exact) mass is 424 g/mol. The number of amides is 2. The van der Waals surface area contributed by atoms with Crippen LogP contribution >= 0.6 is 0 Å². The highest BCUT2D eigenvalue weighted by atomic mass is 19.1. The number of carbonyl (C=O) groups is 2. The Balaban J connectivity index is 1.41. The summed E-state index contributed by atoms with van der Waals surface area (Å²) in [5.41, 5.74) is 2.81. The van der Waals surface area contributed by atoms with E-state index in [9.17, 15) is 14.0 Å². The van der Waals surface area contributed by atoms with Crippen LogP contribution in [0.15, 0.2) is 48.5 Å². The van der Waals surface area contributed by atoms with Crippen LogP contribution in [0.1, 0.15) is 30.4 Å². The van der Waals surface area contributed by atoms with Crippen LogP contribution < -0.4 is 10.6 Å². The molecule has 31 heavy (non-hydrogen) atoms. The first kappa shape index (κ1) is 21.5. The van der Waals surface area contributed by atoms with Crippen molar-refractivity contribution < 1.29 is 14.0 Å². The summed E-state index contributed by atoms with van der Waals surface area (Å²) in [5, 5.41) is 5.88. The molecule has 2 fully saturated rings. The molecule has 2 aliphatic heterocycles. The second kappa shape index (κ2) is 10.0. The zero-order chi connectivity index (χ0) is 21.6. The normalized spacial score (nSPS) is 19.9. The Morgan fingerprint density at radius 1 is 1.03 bits per heavy atom. The van der Waals surface area contributed by atoms with Crippen LogP contribution in [-0.2, 0) is 22.7 Å². The zero-order valence-electron chi connectivity index (χ0n) is 17.6. The van der Waals surface area contributed by atoms with Crippen LogP contribution in [-0.4, -0.2) is 53.8 Å². The van der Waals surface area contributed by atoms with E-state index < -0.39 is 6.04 Å². The highest BCUT2D eigenvalue weighted by Crippen LogP contribution is 2.21. The van der Waals surface area contributed by atoms with Crippen LogP contribution in [0.25, 0.3) is 0 Å². The lowest BCUT2D eigenvalue weighted by molar-refractivity contribution is -0.132. The molecular weight excluding hydrogens is 395 g/mol. The van der Waals surface area contributed by atoms with Gasteiger partial charge in [0.05, 0.1) is 12.5 Å². The Morgan fingerprint density at radius 2 is 1.77 bits per heavy atom. The number of hydrogen-bond acceptors (Lipinski definition) is 4. The lowest BCUT2D eigenvalue weighted by Crippen LogP contribution is -2.55. The molecule has 7 heteroatoms. The van der Waals surface area contributed by atoms with E-state index in [0.29, 0.717) is 19.6 Å². The minimum absolute atomic E-state index is 0.0745. The second-order valence-electron chi connectivity index (χ2n) is 8.30. The Hall–Kier alpha value is -2.77. The molecule has 0 saturated carbocycles. The van der Waals surface area contributed by atoms with Crippen molar-refractivity contribution >= 4 is 17.5 Å². The molecule has 1 atom stereocenters. The Kier molecular flexibility index (Phi) is 6.94. The fourth-order valence-corrected chi connectivity index (χ4v) is 4.34. The van der Waals surface area contributed by atoms with Crippen LogP contribution in [0.4, 0.5) is 10.1 Å². The van der Waals surface area contributed by atoms with Crippen molar-refractivity contribution in [3.63, 3.8) is 0 Å². The highest BCUT2D eigenvalue weighted by molar-refractivity contribution is 5.96. The molecule has 0 aliphatic carbocycles. The number of benzene rings is 2. The molecule has 0 bridgehead atoms. The van der Waals surface area contributed by atoms with Gasteiger partial charge in [-0.15, -0.1) is 0 Å². The van der Waals surface area contributed by atoms with Gasteiger partial charge in [-0.25, -0.2) is 4.39 Å². The van der Waals surface area contributed by atoms with Crippen LogP contribution in [0.2, 0.25) is 0 Å². The molecule has 2 aromatic rings. The number of nitrogens with one attached hydrogen (secondary N) is 2. The van der Waals surface area contributed by atoms with Gasteiger partial charge in [0, 0.05) is 31.9 Å². The summed E-state index contributed by atoms with van der Waals surface area (Å²) in [5.74, 6) is -0.613. The van der Waals surface area contributed by atoms with Crippen molar-refractivity contribution in [3.05, 3.63) is 65.5 Å². The summed E-state index contributed by atoms with van der Waals surface area (Å²) < 4.78 is 13.2. The Bertz CT molecular complexity index is 912. The Labute approximate surface area is 182 Å². The van der Waals surface area contributed by atoms with Gasteiger partial charge in [0.25, 0.3) is 0 Å². The maximum absolute atomic E-state index is 13.2. The van der Waals surface area contributed by atoms with Gasteiger partial charge in [-0.2, -0.15) is 0 Å². The van der Waals surface area contributed by atoms with Crippen molar-refractivity contribution in [3.8, 4) is 0 Å². The number of para-hydroxylation sites is 1. The van der Waals surface area contributed by atoms with E-state index in [-0.39, 0.29) is 24.1 Å². The molecule has 2 N–H and O–H groups in total. The molecule has 6 nitrogen and oxygen atoms in total. The predicted molar refractivity (Wildman–Crippen MR) is 118 cm³/mol. The molecule has 2 heterocycles. The third kappa shape index (κ3) is 5.68. The number of carbonyl (C=O) groups excluding carboxylic acids is 2. The summed E-state index contributed by atoms with van der Waals surface area (Å²) in [6.45, 7) is 4.67. The maximum atomic E-state index is 13.2. The van der Waals surface area contributed by atoms with Crippen LogP contribution in [0.5, 0.6) is 0 Å². The Morgan fingerprint density at radius 3 is 2.55 bits per heavy atom. The standard InChI is InChI=1S/C24H29FN4O2/c25-20-9-7-18(8-10-20)16-29-14-11-26-24(31)22(29)15-23(30)27-21-6-2-1-5-19(21)17-28-12-3-4-13-28/h1-2,5-10,22H,3-4,11-17H2,(H,26,31)(H,27,30). The van der Waals surface area contributed by atoms with Gasteiger partial charge in [0.1, 0.15) is 5.82 Å².